The largest absolute Gasteiger partial charge is 0.497 e. The molecule has 3 aromatic rings. The zero-order valence-electron chi connectivity index (χ0n) is 13.5. The van der Waals surface area contributed by atoms with Gasteiger partial charge in [0.15, 0.2) is 0 Å². The highest BCUT2D eigenvalue weighted by atomic mass is 16.5. The Morgan fingerprint density at radius 2 is 2.04 bits per heavy atom. The summed E-state index contributed by atoms with van der Waals surface area (Å²) in [5.41, 5.74) is 2.90. The number of anilines is 1. The smallest absolute Gasteiger partial charge is 0.230 e. The van der Waals surface area contributed by atoms with Gasteiger partial charge in [-0.05, 0) is 17.7 Å². The molecule has 0 fully saturated rings. The number of aromatic nitrogens is 3. The highest BCUT2D eigenvalue weighted by Gasteiger charge is 2.27. The predicted molar refractivity (Wildman–Crippen MR) is 90.7 cm³/mol. The van der Waals surface area contributed by atoms with Crippen LogP contribution < -0.4 is 10.1 Å². The van der Waals surface area contributed by atoms with Crippen LogP contribution in [0.15, 0.2) is 48.5 Å². The Labute approximate surface area is 143 Å². The van der Waals surface area contributed by atoms with Crippen LogP contribution in [0.5, 0.6) is 5.75 Å². The summed E-state index contributed by atoms with van der Waals surface area (Å²) in [7, 11) is 1.57. The number of methoxy groups -OCH3 is 1. The van der Waals surface area contributed by atoms with Crippen LogP contribution in [0.3, 0.4) is 0 Å². The molecule has 1 aromatic heterocycles. The SMILES string of the molecule is COc1ccc2c(c1)-n1nnc(C(O)c3ccccc3)c1CC(=O)N2. The summed E-state index contributed by atoms with van der Waals surface area (Å²) in [6, 6.07) is 14.5. The van der Waals surface area contributed by atoms with E-state index in [1.807, 2.05) is 30.3 Å². The van der Waals surface area contributed by atoms with Gasteiger partial charge >= 0.3 is 0 Å². The zero-order valence-corrected chi connectivity index (χ0v) is 13.5. The van der Waals surface area contributed by atoms with Crippen molar-refractivity contribution in [1.29, 1.82) is 0 Å². The van der Waals surface area contributed by atoms with Crippen LogP contribution in [0, 0.1) is 0 Å². The first-order valence-corrected chi connectivity index (χ1v) is 7.83. The number of ether oxygens (including phenoxy) is 1. The predicted octanol–water partition coefficient (Wildman–Crippen LogP) is 1.85. The minimum absolute atomic E-state index is 0.0726. The quantitative estimate of drug-likeness (QED) is 0.762. The number of rotatable bonds is 3. The van der Waals surface area contributed by atoms with E-state index in [-0.39, 0.29) is 12.3 Å². The summed E-state index contributed by atoms with van der Waals surface area (Å²) >= 11 is 0. The molecule has 1 aliphatic heterocycles. The maximum Gasteiger partial charge on any atom is 0.230 e. The lowest BCUT2D eigenvalue weighted by Crippen LogP contribution is -2.14. The second-order valence-corrected chi connectivity index (χ2v) is 5.75. The fourth-order valence-electron chi connectivity index (χ4n) is 2.94. The van der Waals surface area contributed by atoms with Gasteiger partial charge in [0.25, 0.3) is 0 Å². The Morgan fingerprint density at radius 3 is 2.80 bits per heavy atom. The Morgan fingerprint density at radius 1 is 1.24 bits per heavy atom. The summed E-state index contributed by atoms with van der Waals surface area (Å²) < 4.78 is 6.84. The third-order valence-electron chi connectivity index (χ3n) is 4.20. The topological polar surface area (TPSA) is 89.3 Å². The number of aliphatic hydroxyl groups excluding tert-OH is 1. The molecular formula is C18H16N4O3. The fourth-order valence-corrected chi connectivity index (χ4v) is 2.94. The first-order valence-electron chi connectivity index (χ1n) is 7.83. The molecular weight excluding hydrogens is 320 g/mol. The number of fused-ring (bicyclic) bond motifs is 3. The van der Waals surface area contributed by atoms with Gasteiger partial charge in [-0.2, -0.15) is 0 Å². The van der Waals surface area contributed by atoms with Gasteiger partial charge in [-0.15, -0.1) is 5.10 Å². The highest BCUT2D eigenvalue weighted by molar-refractivity contribution is 5.95. The van der Waals surface area contributed by atoms with Crippen molar-refractivity contribution in [3.63, 3.8) is 0 Å². The average molecular weight is 336 g/mol. The molecule has 1 aliphatic rings. The molecule has 126 valence electrons. The van der Waals surface area contributed by atoms with E-state index in [1.165, 1.54) is 0 Å². The van der Waals surface area contributed by atoms with Crippen LogP contribution >= 0.6 is 0 Å². The number of benzene rings is 2. The van der Waals surface area contributed by atoms with Crippen LogP contribution in [0.1, 0.15) is 23.1 Å². The lowest BCUT2D eigenvalue weighted by molar-refractivity contribution is -0.115. The van der Waals surface area contributed by atoms with E-state index in [1.54, 1.807) is 30.0 Å². The van der Waals surface area contributed by atoms with Crippen molar-refractivity contribution in [2.24, 2.45) is 0 Å². The monoisotopic (exact) mass is 336 g/mol. The molecule has 0 spiro atoms. The Balaban J connectivity index is 1.86. The van der Waals surface area contributed by atoms with Crippen molar-refractivity contribution in [2.75, 3.05) is 12.4 Å². The van der Waals surface area contributed by atoms with Gasteiger partial charge in [-0.1, -0.05) is 35.5 Å². The highest BCUT2D eigenvalue weighted by Crippen LogP contribution is 2.32. The molecule has 2 heterocycles. The molecule has 4 rings (SSSR count). The minimum atomic E-state index is -0.954. The van der Waals surface area contributed by atoms with Crippen LogP contribution in [-0.4, -0.2) is 33.1 Å². The van der Waals surface area contributed by atoms with Gasteiger partial charge in [0, 0.05) is 6.07 Å². The van der Waals surface area contributed by atoms with Crippen LogP contribution in [-0.2, 0) is 11.2 Å². The molecule has 0 aliphatic carbocycles. The molecule has 0 radical (unpaired) electrons. The molecule has 7 nitrogen and oxygen atoms in total. The maximum atomic E-state index is 12.3. The fraction of sp³-hybridized carbons (Fsp3) is 0.167. The second kappa shape index (κ2) is 6.03. The van der Waals surface area contributed by atoms with Gasteiger partial charge in [0.1, 0.15) is 17.5 Å². The van der Waals surface area contributed by atoms with Gasteiger partial charge in [0.2, 0.25) is 5.91 Å². The lowest BCUT2D eigenvalue weighted by atomic mass is 10.0. The Kier molecular flexibility index (Phi) is 3.70. The normalized spacial score (nSPS) is 14.1. The van der Waals surface area contributed by atoms with Crippen molar-refractivity contribution in [2.45, 2.75) is 12.5 Å². The third-order valence-corrected chi connectivity index (χ3v) is 4.20. The number of carbonyl (C=O) groups excluding carboxylic acids is 1. The molecule has 2 N–H and O–H groups in total. The van der Waals surface area contributed by atoms with E-state index >= 15 is 0 Å². The standard InChI is InChI=1S/C18H16N4O3/c1-25-12-7-8-13-14(9-12)22-15(10-16(23)19-13)17(20-21-22)18(24)11-5-3-2-4-6-11/h2-9,18,24H,10H2,1H3,(H,19,23). The molecule has 1 unspecified atom stereocenters. The molecule has 2 aromatic carbocycles. The van der Waals surface area contributed by atoms with Crippen molar-refractivity contribution in [3.05, 3.63) is 65.5 Å². The number of aliphatic hydroxyl groups is 1. The summed E-state index contributed by atoms with van der Waals surface area (Å²) in [6.07, 6.45) is -0.881. The second-order valence-electron chi connectivity index (χ2n) is 5.75. The van der Waals surface area contributed by atoms with E-state index in [4.69, 9.17) is 4.74 Å². The number of hydrogen-bond acceptors (Lipinski definition) is 5. The lowest BCUT2D eigenvalue weighted by Gasteiger charge is -2.11. The molecule has 25 heavy (non-hydrogen) atoms. The maximum absolute atomic E-state index is 12.3. The van der Waals surface area contributed by atoms with Crippen molar-refractivity contribution >= 4 is 11.6 Å². The van der Waals surface area contributed by atoms with E-state index < -0.39 is 6.10 Å². The first kappa shape index (κ1) is 15.3. The average Bonchev–Trinajstić information content (AvgIpc) is 2.99. The summed E-state index contributed by atoms with van der Waals surface area (Å²) in [6.45, 7) is 0. The molecule has 0 saturated carbocycles. The number of carbonyl (C=O) groups is 1. The summed E-state index contributed by atoms with van der Waals surface area (Å²) in [5.74, 6) is 0.454. The van der Waals surface area contributed by atoms with Crippen LogP contribution in [0.2, 0.25) is 0 Å². The molecule has 0 bridgehead atoms. The summed E-state index contributed by atoms with van der Waals surface area (Å²) in [4.78, 5) is 12.3. The van der Waals surface area contributed by atoms with E-state index in [2.05, 4.69) is 15.6 Å². The third kappa shape index (κ3) is 2.64. The van der Waals surface area contributed by atoms with E-state index in [0.29, 0.717) is 34.1 Å². The van der Waals surface area contributed by atoms with Gasteiger partial charge < -0.3 is 15.2 Å². The minimum Gasteiger partial charge on any atom is -0.497 e. The van der Waals surface area contributed by atoms with Gasteiger partial charge in [-0.3, -0.25) is 4.79 Å². The van der Waals surface area contributed by atoms with E-state index in [9.17, 15) is 9.90 Å². The van der Waals surface area contributed by atoms with Crippen LogP contribution in [0.25, 0.3) is 5.69 Å². The molecule has 1 amide bonds. The first-order chi connectivity index (χ1) is 12.2. The van der Waals surface area contributed by atoms with Crippen molar-refractivity contribution in [3.8, 4) is 11.4 Å². The molecule has 7 heteroatoms. The molecule has 1 atom stereocenters. The zero-order chi connectivity index (χ0) is 17.4. The Bertz CT molecular complexity index is 937. The number of nitrogens with one attached hydrogen (secondary N) is 1. The summed E-state index contributed by atoms with van der Waals surface area (Å²) in [5, 5.41) is 21.9. The number of nitrogens with zero attached hydrogens (tertiary/aromatic N) is 3. The van der Waals surface area contributed by atoms with Gasteiger partial charge in [-0.25, -0.2) is 4.68 Å². The van der Waals surface area contributed by atoms with E-state index in [0.717, 1.165) is 0 Å². The van der Waals surface area contributed by atoms with Crippen LogP contribution in [0.4, 0.5) is 5.69 Å². The van der Waals surface area contributed by atoms with Crippen molar-refractivity contribution in [1.82, 2.24) is 15.0 Å². The Hall–Kier alpha value is -3.19. The molecule has 0 saturated heterocycles. The number of amides is 1. The van der Waals surface area contributed by atoms with Gasteiger partial charge in [0.05, 0.1) is 30.6 Å². The van der Waals surface area contributed by atoms with Crippen molar-refractivity contribution < 1.29 is 14.6 Å². The number of hydrogen-bond donors (Lipinski definition) is 2.